The highest BCUT2D eigenvalue weighted by atomic mass is 16.3. The van der Waals surface area contributed by atoms with E-state index in [0.29, 0.717) is 30.0 Å². The number of rotatable bonds is 4. The van der Waals surface area contributed by atoms with Crippen molar-refractivity contribution in [2.45, 2.75) is 85.7 Å². The van der Waals surface area contributed by atoms with Gasteiger partial charge in [0.05, 0.1) is 5.60 Å². The van der Waals surface area contributed by atoms with Gasteiger partial charge in [-0.05, 0) is 90.8 Å². The second-order valence-corrected chi connectivity index (χ2v) is 11.5. The lowest BCUT2D eigenvalue weighted by molar-refractivity contribution is -0.116. The number of allylic oxidation sites excluding steroid dienone is 7. The average molecular weight is 409 g/mol. The molecule has 0 amide bonds. The Hall–Kier alpha value is -1.41. The van der Waals surface area contributed by atoms with Gasteiger partial charge in [0.1, 0.15) is 0 Å². The summed E-state index contributed by atoms with van der Waals surface area (Å²) in [5, 5.41) is 10.7. The van der Waals surface area contributed by atoms with Gasteiger partial charge in [0, 0.05) is 6.42 Å². The number of carbonyl (C=O) groups is 1. The van der Waals surface area contributed by atoms with Crippen molar-refractivity contribution in [2.75, 3.05) is 0 Å². The molecule has 1 fully saturated rings. The number of hydrogen-bond acceptors (Lipinski definition) is 2. The molecular weight excluding hydrogens is 368 g/mol. The molecule has 0 heterocycles. The van der Waals surface area contributed by atoms with Gasteiger partial charge in [-0.25, -0.2) is 0 Å². The van der Waals surface area contributed by atoms with Crippen molar-refractivity contribution in [1.82, 2.24) is 0 Å². The largest absolute Gasteiger partial charge is 0.386 e. The van der Waals surface area contributed by atoms with Gasteiger partial charge >= 0.3 is 0 Å². The summed E-state index contributed by atoms with van der Waals surface area (Å²) >= 11 is 0. The van der Waals surface area contributed by atoms with E-state index in [1.54, 1.807) is 11.1 Å². The zero-order chi connectivity index (χ0) is 21.9. The van der Waals surface area contributed by atoms with Crippen LogP contribution in [0, 0.1) is 34.5 Å². The van der Waals surface area contributed by atoms with Crippen LogP contribution in [0.1, 0.15) is 80.1 Å². The fourth-order valence-electron chi connectivity index (χ4n) is 6.87. The average Bonchev–Trinajstić information content (AvgIpc) is 3.04. The summed E-state index contributed by atoms with van der Waals surface area (Å²) in [6, 6.07) is 0. The topological polar surface area (TPSA) is 37.3 Å². The van der Waals surface area contributed by atoms with Crippen LogP contribution in [0.15, 0.2) is 47.1 Å². The molecule has 0 bridgehead atoms. The number of aliphatic hydroxyl groups is 1. The molecule has 0 aliphatic heterocycles. The standard InChI is InChI=1S/C28H40O2/c1-18(2)28(6,30)16-11-19(3)23-9-10-24-22-8-7-20-17-21(29)12-14-26(20,4)25(22)13-15-27(23,24)5/h7-8,11,16-19,23,25,30H,9-10,12-15H2,1-6H3/t19-,23-,25+,26+,27-,28?/m1/s1. The molecule has 30 heavy (non-hydrogen) atoms. The zero-order valence-electron chi connectivity index (χ0n) is 19.8. The second-order valence-electron chi connectivity index (χ2n) is 11.5. The molecule has 0 aromatic carbocycles. The zero-order valence-corrected chi connectivity index (χ0v) is 19.8. The Balaban J connectivity index is 1.65. The fraction of sp³-hybridized carbons (Fsp3) is 0.679. The molecule has 4 aliphatic rings. The molecule has 2 heteroatoms. The highest BCUT2D eigenvalue weighted by molar-refractivity contribution is 5.92. The summed E-state index contributed by atoms with van der Waals surface area (Å²) in [7, 11) is 0. The van der Waals surface area contributed by atoms with E-state index in [2.05, 4.69) is 52.8 Å². The number of ketones is 1. The Morgan fingerprint density at radius 2 is 1.83 bits per heavy atom. The summed E-state index contributed by atoms with van der Waals surface area (Å²) in [5.41, 5.74) is 4.18. The molecule has 0 aromatic heterocycles. The van der Waals surface area contributed by atoms with Crippen molar-refractivity contribution in [1.29, 1.82) is 0 Å². The van der Waals surface area contributed by atoms with Crippen LogP contribution in [0.2, 0.25) is 0 Å². The first kappa shape index (κ1) is 21.8. The Morgan fingerprint density at radius 3 is 2.53 bits per heavy atom. The van der Waals surface area contributed by atoms with E-state index in [9.17, 15) is 9.90 Å². The van der Waals surface area contributed by atoms with Gasteiger partial charge in [0.25, 0.3) is 0 Å². The predicted molar refractivity (Wildman–Crippen MR) is 124 cm³/mol. The monoisotopic (exact) mass is 408 g/mol. The third-order valence-corrected chi connectivity index (χ3v) is 9.51. The lowest BCUT2D eigenvalue weighted by Gasteiger charge is -2.51. The quantitative estimate of drug-likeness (QED) is 0.534. The van der Waals surface area contributed by atoms with Crippen LogP contribution < -0.4 is 0 Å². The maximum atomic E-state index is 12.0. The minimum absolute atomic E-state index is 0.131. The molecule has 0 spiro atoms. The number of carbonyl (C=O) groups excluding carboxylic acids is 1. The van der Waals surface area contributed by atoms with E-state index in [0.717, 1.165) is 6.42 Å². The minimum atomic E-state index is -0.741. The summed E-state index contributed by atoms with van der Waals surface area (Å²) in [4.78, 5) is 12.0. The van der Waals surface area contributed by atoms with Crippen LogP contribution >= 0.6 is 0 Å². The molecule has 4 aliphatic carbocycles. The van der Waals surface area contributed by atoms with E-state index in [-0.39, 0.29) is 16.7 Å². The van der Waals surface area contributed by atoms with Gasteiger partial charge in [-0.1, -0.05) is 64.5 Å². The van der Waals surface area contributed by atoms with Gasteiger partial charge in [0.2, 0.25) is 0 Å². The van der Waals surface area contributed by atoms with Crippen LogP contribution in [0.3, 0.4) is 0 Å². The highest BCUT2D eigenvalue weighted by Crippen LogP contribution is 2.63. The van der Waals surface area contributed by atoms with Crippen LogP contribution in [0.25, 0.3) is 0 Å². The summed E-state index contributed by atoms with van der Waals surface area (Å²) in [6.07, 6.45) is 17.4. The molecule has 2 nitrogen and oxygen atoms in total. The molecule has 0 aromatic rings. The van der Waals surface area contributed by atoms with E-state index in [1.165, 1.54) is 31.3 Å². The van der Waals surface area contributed by atoms with Crippen LogP contribution in [-0.4, -0.2) is 16.5 Å². The van der Waals surface area contributed by atoms with Gasteiger partial charge in [-0.3, -0.25) is 4.79 Å². The molecule has 1 unspecified atom stereocenters. The lowest BCUT2D eigenvalue weighted by Crippen LogP contribution is -2.41. The van der Waals surface area contributed by atoms with Crippen molar-refractivity contribution in [2.24, 2.45) is 34.5 Å². The molecular formula is C28H40O2. The van der Waals surface area contributed by atoms with Crippen molar-refractivity contribution < 1.29 is 9.90 Å². The van der Waals surface area contributed by atoms with Crippen LogP contribution in [0.4, 0.5) is 0 Å². The first-order valence-corrected chi connectivity index (χ1v) is 12.1. The summed E-state index contributed by atoms with van der Waals surface area (Å²) in [6.45, 7) is 13.3. The van der Waals surface area contributed by atoms with Crippen LogP contribution in [0.5, 0.6) is 0 Å². The lowest BCUT2D eigenvalue weighted by atomic mass is 9.53. The molecule has 6 atom stereocenters. The van der Waals surface area contributed by atoms with Crippen molar-refractivity contribution in [3.05, 3.63) is 47.1 Å². The third-order valence-electron chi connectivity index (χ3n) is 9.51. The molecule has 164 valence electrons. The van der Waals surface area contributed by atoms with E-state index >= 15 is 0 Å². The number of hydrogen-bond donors (Lipinski definition) is 1. The second kappa shape index (κ2) is 7.33. The highest BCUT2D eigenvalue weighted by Gasteiger charge is 2.53. The normalized spacial score (nSPS) is 38.9. The Bertz CT molecular complexity index is 852. The first-order valence-electron chi connectivity index (χ1n) is 12.1. The third kappa shape index (κ3) is 3.30. The number of fused-ring (bicyclic) bond motifs is 4. The van der Waals surface area contributed by atoms with Gasteiger partial charge in [-0.2, -0.15) is 0 Å². The van der Waals surface area contributed by atoms with E-state index < -0.39 is 5.60 Å². The van der Waals surface area contributed by atoms with Crippen molar-refractivity contribution in [3.63, 3.8) is 0 Å². The first-order chi connectivity index (χ1) is 14.0. The molecule has 1 saturated carbocycles. The maximum absolute atomic E-state index is 12.0. The van der Waals surface area contributed by atoms with Crippen molar-refractivity contribution >= 4 is 5.78 Å². The summed E-state index contributed by atoms with van der Waals surface area (Å²) < 4.78 is 0. The Labute approximate surface area is 183 Å². The van der Waals surface area contributed by atoms with Gasteiger partial charge in [0.15, 0.2) is 5.78 Å². The van der Waals surface area contributed by atoms with Crippen LogP contribution in [-0.2, 0) is 4.79 Å². The minimum Gasteiger partial charge on any atom is -0.386 e. The fourth-order valence-corrected chi connectivity index (χ4v) is 6.87. The smallest absolute Gasteiger partial charge is 0.156 e. The van der Waals surface area contributed by atoms with Gasteiger partial charge in [-0.15, -0.1) is 0 Å². The molecule has 0 radical (unpaired) electrons. The summed E-state index contributed by atoms with van der Waals surface area (Å²) in [5.74, 6) is 2.16. The predicted octanol–water partition coefficient (Wildman–Crippen LogP) is 6.57. The Morgan fingerprint density at radius 1 is 1.10 bits per heavy atom. The van der Waals surface area contributed by atoms with E-state index in [4.69, 9.17) is 0 Å². The molecule has 4 rings (SSSR count). The maximum Gasteiger partial charge on any atom is 0.156 e. The molecule has 0 saturated heterocycles. The van der Waals surface area contributed by atoms with E-state index in [1.807, 2.05) is 19.1 Å². The SMILES string of the molecule is CC(C)C(C)(O)C=C[C@@H](C)[C@H]1CCC2=C3C=CC4=CC(=O)CC[C@]4(C)[C@H]3CC[C@@]21C. The van der Waals surface area contributed by atoms with Crippen molar-refractivity contribution in [3.8, 4) is 0 Å². The molecule has 1 N–H and O–H groups in total. The van der Waals surface area contributed by atoms with Gasteiger partial charge < -0.3 is 5.11 Å². The Kier molecular flexibility index (Phi) is 5.33.